The minimum absolute atomic E-state index is 0.620. The number of hydrazone groups is 1. The number of aromatic nitrogens is 5. The zero-order valence-electron chi connectivity index (χ0n) is 17.9. The molecule has 3 aromatic heterocycles. The molecule has 0 saturated heterocycles. The van der Waals surface area contributed by atoms with Gasteiger partial charge in [0.25, 0.3) is 0 Å². The Balaban J connectivity index is 0.000000555. The predicted octanol–water partition coefficient (Wildman–Crippen LogP) is 3.39. The lowest BCUT2D eigenvalue weighted by Crippen LogP contribution is -2.04. The quantitative estimate of drug-likeness (QED) is 0.191. The Morgan fingerprint density at radius 2 is 1.82 bits per heavy atom. The average molecular weight is 490 g/mol. The summed E-state index contributed by atoms with van der Waals surface area (Å²) in [4.78, 5) is 38.9. The molecule has 0 aliphatic heterocycles. The summed E-state index contributed by atoms with van der Waals surface area (Å²) in [5.74, 6) is 1.44. The van der Waals surface area contributed by atoms with Gasteiger partial charge < -0.3 is 14.7 Å². The molecule has 4 N–H and O–H groups in total. The number of nitrogens with one attached hydrogen (secondary N) is 1. The molecule has 3 heterocycles. The molecule has 11 nitrogen and oxygen atoms in total. The van der Waals surface area contributed by atoms with E-state index in [4.69, 9.17) is 30.8 Å². The van der Waals surface area contributed by atoms with Crippen LogP contribution in [0.2, 0.25) is 5.02 Å². The van der Waals surface area contributed by atoms with Gasteiger partial charge in [-0.1, -0.05) is 11.6 Å². The molecule has 0 amide bonds. The van der Waals surface area contributed by atoms with Crippen molar-refractivity contribution >= 4 is 41.9 Å². The lowest BCUT2D eigenvalue weighted by molar-refractivity contribution is 0.275. The zero-order chi connectivity index (χ0) is 24.2. The van der Waals surface area contributed by atoms with E-state index in [9.17, 15) is 0 Å². The third kappa shape index (κ3) is 6.64. The van der Waals surface area contributed by atoms with Crippen LogP contribution < -0.4 is 5.43 Å². The summed E-state index contributed by atoms with van der Waals surface area (Å²) in [5.41, 5.74) is 7.54. The van der Waals surface area contributed by atoms with Crippen molar-refractivity contribution in [2.75, 3.05) is 5.43 Å². The summed E-state index contributed by atoms with van der Waals surface area (Å²) in [6, 6.07) is 9.40. The molecule has 0 atom stereocenters. The molecule has 0 aliphatic rings. The highest BCUT2D eigenvalue weighted by Gasteiger charge is 2.07. The number of pyridine rings is 1. The second-order valence-corrected chi connectivity index (χ2v) is 8.36. The normalized spacial score (nSPS) is 11.8. The van der Waals surface area contributed by atoms with Gasteiger partial charge in [0.05, 0.1) is 16.9 Å². The van der Waals surface area contributed by atoms with Gasteiger partial charge in [0, 0.05) is 27.9 Å². The Labute approximate surface area is 194 Å². The Morgan fingerprint density at radius 1 is 1.09 bits per heavy atom. The van der Waals surface area contributed by atoms with E-state index in [1.807, 2.05) is 43.5 Å². The van der Waals surface area contributed by atoms with E-state index < -0.39 is 7.82 Å². The number of anilines is 1. The maximum Gasteiger partial charge on any atom is 0.466 e. The largest absolute Gasteiger partial charge is 0.466 e. The Kier molecular flexibility index (Phi) is 7.52. The topological polar surface area (TPSA) is 159 Å². The number of rotatable bonds is 4. The van der Waals surface area contributed by atoms with Crippen molar-refractivity contribution in [3.05, 3.63) is 71.2 Å². The molecule has 4 rings (SSSR count). The van der Waals surface area contributed by atoms with Gasteiger partial charge in [0.15, 0.2) is 5.82 Å². The SMILES string of the molecule is CC(=NNc1ncnc2cc(Cl)ccc12)c1ccc(-n2cnc(C)c2C)nc1.O=P(O)(O)O. The number of imidazole rings is 1. The molecular weight excluding hydrogens is 469 g/mol. The highest BCUT2D eigenvalue weighted by atomic mass is 35.5. The lowest BCUT2D eigenvalue weighted by atomic mass is 10.2. The Bertz CT molecular complexity index is 1340. The van der Waals surface area contributed by atoms with E-state index in [-0.39, 0.29) is 0 Å². The minimum Gasteiger partial charge on any atom is -0.303 e. The molecule has 0 spiro atoms. The van der Waals surface area contributed by atoms with Crippen LogP contribution in [0.4, 0.5) is 5.82 Å². The molecule has 33 heavy (non-hydrogen) atoms. The zero-order valence-corrected chi connectivity index (χ0v) is 19.5. The Hall–Kier alpha value is -3.21. The van der Waals surface area contributed by atoms with Gasteiger partial charge in [-0.15, -0.1) is 0 Å². The molecule has 1 aromatic carbocycles. The van der Waals surface area contributed by atoms with Gasteiger partial charge >= 0.3 is 7.82 Å². The molecule has 13 heteroatoms. The van der Waals surface area contributed by atoms with E-state index in [1.165, 1.54) is 6.33 Å². The number of phosphoric acid groups is 1. The second kappa shape index (κ2) is 10.2. The first-order chi connectivity index (χ1) is 15.5. The van der Waals surface area contributed by atoms with Crippen molar-refractivity contribution in [1.82, 2.24) is 24.5 Å². The fourth-order valence-electron chi connectivity index (χ4n) is 2.79. The van der Waals surface area contributed by atoms with Crippen LogP contribution in [0.3, 0.4) is 0 Å². The lowest BCUT2D eigenvalue weighted by Gasteiger charge is -2.07. The molecule has 0 bridgehead atoms. The minimum atomic E-state index is -4.64. The third-order valence-corrected chi connectivity index (χ3v) is 4.83. The van der Waals surface area contributed by atoms with E-state index >= 15 is 0 Å². The number of aryl methyl sites for hydroxylation is 1. The molecule has 0 radical (unpaired) electrons. The van der Waals surface area contributed by atoms with E-state index in [0.29, 0.717) is 10.8 Å². The molecule has 0 saturated carbocycles. The van der Waals surface area contributed by atoms with Crippen molar-refractivity contribution in [3.8, 4) is 5.82 Å². The first kappa shape index (κ1) is 24.4. The van der Waals surface area contributed by atoms with Crippen molar-refractivity contribution < 1.29 is 19.2 Å². The standard InChI is InChI=1S/C20H18ClN7.H3O4P/c1-12-14(3)28(11-25-12)19-7-4-15(9-22-19)13(2)26-27-20-17-6-5-16(21)8-18(17)23-10-24-20;1-5(2,3)4/h4-11H,1-3H3,(H,23,24,27);(H3,1,2,3,4). The first-order valence-electron chi connectivity index (χ1n) is 9.49. The highest BCUT2D eigenvalue weighted by molar-refractivity contribution is 7.45. The monoisotopic (exact) mass is 489 g/mol. The fraction of sp³-hybridized carbons (Fsp3) is 0.150. The van der Waals surface area contributed by atoms with Gasteiger partial charge in [-0.2, -0.15) is 5.10 Å². The smallest absolute Gasteiger partial charge is 0.303 e. The average Bonchev–Trinajstić information content (AvgIpc) is 3.09. The maximum absolute atomic E-state index is 8.88. The number of halogens is 1. The van der Waals surface area contributed by atoms with Crippen molar-refractivity contribution in [2.24, 2.45) is 5.10 Å². The molecule has 172 valence electrons. The summed E-state index contributed by atoms with van der Waals surface area (Å²) in [6.07, 6.45) is 5.06. The van der Waals surface area contributed by atoms with E-state index in [2.05, 4.69) is 30.5 Å². The van der Waals surface area contributed by atoms with Crippen LogP contribution in [-0.4, -0.2) is 44.9 Å². The summed E-state index contributed by atoms with van der Waals surface area (Å²) < 4.78 is 10.8. The summed E-state index contributed by atoms with van der Waals surface area (Å²) >= 11 is 6.03. The van der Waals surface area contributed by atoms with Crippen LogP contribution >= 0.6 is 19.4 Å². The molecule has 0 aliphatic carbocycles. The van der Waals surface area contributed by atoms with Crippen molar-refractivity contribution in [3.63, 3.8) is 0 Å². The summed E-state index contributed by atoms with van der Waals surface area (Å²) in [6.45, 7) is 5.91. The third-order valence-electron chi connectivity index (χ3n) is 4.59. The number of hydrogen-bond acceptors (Lipinski definition) is 7. The second-order valence-electron chi connectivity index (χ2n) is 6.90. The van der Waals surface area contributed by atoms with Gasteiger partial charge in [0.1, 0.15) is 18.5 Å². The highest BCUT2D eigenvalue weighted by Crippen LogP contribution is 2.26. The van der Waals surface area contributed by atoms with Crippen molar-refractivity contribution in [1.29, 1.82) is 0 Å². The number of fused-ring (bicyclic) bond motifs is 1. The van der Waals surface area contributed by atoms with Crippen LogP contribution in [0.5, 0.6) is 0 Å². The van der Waals surface area contributed by atoms with Crippen LogP contribution in [0.15, 0.2) is 54.3 Å². The Morgan fingerprint density at radius 3 is 2.42 bits per heavy atom. The van der Waals surface area contributed by atoms with Gasteiger partial charge in [-0.05, 0) is 51.1 Å². The van der Waals surface area contributed by atoms with Crippen LogP contribution in [-0.2, 0) is 4.57 Å². The van der Waals surface area contributed by atoms with Gasteiger partial charge in [-0.3, -0.25) is 9.99 Å². The maximum atomic E-state index is 8.88. The van der Waals surface area contributed by atoms with Gasteiger partial charge in [-0.25, -0.2) is 24.5 Å². The fourth-order valence-corrected chi connectivity index (χ4v) is 2.96. The number of nitrogens with zero attached hydrogens (tertiary/aromatic N) is 6. The van der Waals surface area contributed by atoms with Crippen LogP contribution in [0, 0.1) is 13.8 Å². The molecule has 0 fully saturated rings. The van der Waals surface area contributed by atoms with Gasteiger partial charge in [0.2, 0.25) is 0 Å². The number of benzene rings is 1. The molecular formula is C20H21ClN7O4P. The summed E-state index contributed by atoms with van der Waals surface area (Å²) in [5, 5.41) is 5.93. The molecule has 0 unspecified atom stereocenters. The van der Waals surface area contributed by atoms with E-state index in [0.717, 1.165) is 39.4 Å². The predicted molar refractivity (Wildman–Crippen MR) is 125 cm³/mol. The molecule has 4 aromatic rings. The first-order valence-corrected chi connectivity index (χ1v) is 11.4. The summed E-state index contributed by atoms with van der Waals surface area (Å²) in [7, 11) is -4.64. The van der Waals surface area contributed by atoms with Crippen LogP contribution in [0.1, 0.15) is 23.9 Å². The van der Waals surface area contributed by atoms with Crippen LogP contribution in [0.25, 0.3) is 16.7 Å². The van der Waals surface area contributed by atoms with Crippen molar-refractivity contribution in [2.45, 2.75) is 20.8 Å². The van der Waals surface area contributed by atoms with E-state index in [1.54, 1.807) is 24.7 Å². The number of hydrogen-bond donors (Lipinski definition) is 4.